The van der Waals surface area contributed by atoms with E-state index in [9.17, 15) is 14.4 Å². The van der Waals surface area contributed by atoms with Gasteiger partial charge in [0, 0.05) is 24.6 Å². The van der Waals surface area contributed by atoms with Gasteiger partial charge in [0.25, 0.3) is 5.91 Å². The minimum atomic E-state index is -0.158. The van der Waals surface area contributed by atoms with Crippen molar-refractivity contribution < 1.29 is 14.4 Å². The first-order chi connectivity index (χ1) is 13.0. The monoisotopic (exact) mass is 385 g/mol. The van der Waals surface area contributed by atoms with Crippen molar-refractivity contribution in [2.45, 2.75) is 32.2 Å². The molecule has 1 aromatic heterocycles. The molecule has 1 saturated carbocycles. The summed E-state index contributed by atoms with van der Waals surface area (Å²) in [6.45, 7) is 2.20. The Labute approximate surface area is 162 Å². The van der Waals surface area contributed by atoms with Gasteiger partial charge in [-0.3, -0.25) is 14.4 Å². The van der Waals surface area contributed by atoms with Crippen LogP contribution in [0.5, 0.6) is 0 Å². The Morgan fingerprint density at radius 3 is 2.52 bits per heavy atom. The molecule has 2 aromatic rings. The highest BCUT2D eigenvalue weighted by Crippen LogP contribution is 2.30. The Kier molecular flexibility index (Phi) is 6.24. The van der Waals surface area contributed by atoms with Gasteiger partial charge in [-0.25, -0.2) is 0 Å². The predicted molar refractivity (Wildman–Crippen MR) is 106 cm³/mol. The zero-order chi connectivity index (χ0) is 19.2. The molecule has 142 valence electrons. The first-order valence-corrected chi connectivity index (χ1v) is 9.93. The van der Waals surface area contributed by atoms with Crippen LogP contribution in [0.15, 0.2) is 41.8 Å². The summed E-state index contributed by atoms with van der Waals surface area (Å²) in [7, 11) is 0. The van der Waals surface area contributed by atoms with Gasteiger partial charge in [-0.05, 0) is 48.9 Å². The van der Waals surface area contributed by atoms with E-state index in [2.05, 4.69) is 16.0 Å². The summed E-state index contributed by atoms with van der Waals surface area (Å²) in [5, 5.41) is 10.4. The van der Waals surface area contributed by atoms with Crippen LogP contribution in [0.25, 0.3) is 0 Å². The molecule has 0 bridgehead atoms. The molecule has 1 aliphatic carbocycles. The van der Waals surface area contributed by atoms with E-state index in [0.717, 1.165) is 24.1 Å². The number of rotatable bonds is 8. The molecule has 1 fully saturated rings. The zero-order valence-corrected chi connectivity index (χ0v) is 16.0. The molecule has 3 rings (SSSR count). The molecule has 1 unspecified atom stereocenters. The highest BCUT2D eigenvalue weighted by Gasteiger charge is 2.29. The van der Waals surface area contributed by atoms with Crippen LogP contribution in [0.4, 0.5) is 5.69 Å². The fourth-order valence-electron chi connectivity index (χ4n) is 2.63. The molecule has 6 nitrogen and oxygen atoms in total. The molecule has 3 amide bonds. The number of nitrogens with one attached hydrogen (secondary N) is 3. The predicted octanol–water partition coefficient (Wildman–Crippen LogP) is 3.09. The molecule has 3 N–H and O–H groups in total. The first kappa shape index (κ1) is 19.1. The Morgan fingerprint density at radius 2 is 1.89 bits per heavy atom. The summed E-state index contributed by atoms with van der Waals surface area (Å²) in [6, 6.07) is 10.9. The highest BCUT2D eigenvalue weighted by atomic mass is 32.1. The molecule has 0 radical (unpaired) electrons. The lowest BCUT2D eigenvalue weighted by atomic mass is 10.1. The number of benzene rings is 1. The van der Waals surface area contributed by atoms with E-state index in [1.54, 1.807) is 6.07 Å². The average Bonchev–Trinajstić information content (AvgIpc) is 3.36. The molecule has 7 heteroatoms. The summed E-state index contributed by atoms with van der Waals surface area (Å²) in [6.07, 6.45) is 2.17. The summed E-state index contributed by atoms with van der Waals surface area (Å²) in [5.41, 5.74) is 1.72. The van der Waals surface area contributed by atoms with Gasteiger partial charge in [-0.2, -0.15) is 0 Å². The van der Waals surface area contributed by atoms with Crippen LogP contribution in [-0.2, 0) is 9.59 Å². The maximum absolute atomic E-state index is 12.1. The van der Waals surface area contributed by atoms with E-state index in [0.29, 0.717) is 11.4 Å². The van der Waals surface area contributed by atoms with Gasteiger partial charge in [-0.15, -0.1) is 11.3 Å². The Hall–Kier alpha value is -2.67. The van der Waals surface area contributed by atoms with Crippen LogP contribution in [0.2, 0.25) is 0 Å². The van der Waals surface area contributed by atoms with Crippen LogP contribution in [-0.4, -0.2) is 24.3 Å². The molecule has 1 aliphatic rings. The third-order valence-corrected chi connectivity index (χ3v) is 5.26. The first-order valence-electron chi connectivity index (χ1n) is 9.05. The lowest BCUT2D eigenvalue weighted by Gasteiger charge is -2.15. The van der Waals surface area contributed by atoms with Gasteiger partial charge in [0.1, 0.15) is 0 Å². The maximum Gasteiger partial charge on any atom is 0.261 e. The van der Waals surface area contributed by atoms with Crippen molar-refractivity contribution in [1.82, 2.24) is 10.6 Å². The van der Waals surface area contributed by atoms with Crippen molar-refractivity contribution in [1.29, 1.82) is 0 Å². The average molecular weight is 385 g/mol. The van der Waals surface area contributed by atoms with Gasteiger partial charge in [-0.1, -0.05) is 18.2 Å². The van der Waals surface area contributed by atoms with Gasteiger partial charge in [0.05, 0.1) is 10.9 Å². The van der Waals surface area contributed by atoms with Crippen LogP contribution in [0, 0.1) is 5.92 Å². The second-order valence-electron chi connectivity index (χ2n) is 6.66. The highest BCUT2D eigenvalue weighted by molar-refractivity contribution is 7.12. The molecular formula is C20H23N3O3S. The van der Waals surface area contributed by atoms with Crippen LogP contribution in [0.1, 0.15) is 47.5 Å². The van der Waals surface area contributed by atoms with E-state index in [4.69, 9.17) is 0 Å². The Bertz CT molecular complexity index is 798. The van der Waals surface area contributed by atoms with Gasteiger partial charge in [0.2, 0.25) is 11.8 Å². The number of hydrogen-bond acceptors (Lipinski definition) is 4. The van der Waals surface area contributed by atoms with E-state index in [1.165, 1.54) is 11.3 Å². The third-order valence-electron chi connectivity index (χ3n) is 4.39. The van der Waals surface area contributed by atoms with Crippen molar-refractivity contribution in [3.05, 3.63) is 52.2 Å². The lowest BCUT2D eigenvalue weighted by Crippen LogP contribution is -2.31. The smallest absolute Gasteiger partial charge is 0.261 e. The fourth-order valence-corrected chi connectivity index (χ4v) is 3.27. The minimum absolute atomic E-state index is 0.0775. The molecule has 1 atom stereocenters. The number of thiophene rings is 1. The van der Waals surface area contributed by atoms with E-state index < -0.39 is 0 Å². The van der Waals surface area contributed by atoms with Crippen molar-refractivity contribution in [3.63, 3.8) is 0 Å². The van der Waals surface area contributed by atoms with Crippen molar-refractivity contribution in [2.24, 2.45) is 5.92 Å². The maximum atomic E-state index is 12.1. The second kappa shape index (κ2) is 8.81. The number of carbonyl (C=O) groups is 3. The molecule has 27 heavy (non-hydrogen) atoms. The molecule has 0 spiro atoms. The summed E-state index contributed by atoms with van der Waals surface area (Å²) >= 11 is 1.37. The quantitative estimate of drug-likeness (QED) is 0.652. The van der Waals surface area contributed by atoms with Crippen molar-refractivity contribution in [3.8, 4) is 0 Å². The van der Waals surface area contributed by atoms with Crippen LogP contribution < -0.4 is 16.0 Å². The van der Waals surface area contributed by atoms with E-state index in [1.807, 2.05) is 42.6 Å². The minimum Gasteiger partial charge on any atom is -0.351 e. The standard InChI is InChI=1S/C20H23N3O3S/c1-13(14-6-8-16(9-7-14)23-19(25)15-4-5-15)22-18(24)10-11-21-20(26)17-3-2-12-27-17/h2-3,6-9,12-13,15H,4-5,10-11H2,1H3,(H,21,26)(H,22,24)(H,23,25). The van der Waals surface area contributed by atoms with Gasteiger partial charge < -0.3 is 16.0 Å². The number of carbonyl (C=O) groups excluding carboxylic acids is 3. The van der Waals surface area contributed by atoms with Crippen LogP contribution in [0.3, 0.4) is 0 Å². The van der Waals surface area contributed by atoms with Gasteiger partial charge in [0.15, 0.2) is 0 Å². The van der Waals surface area contributed by atoms with E-state index >= 15 is 0 Å². The molecule has 1 aromatic carbocycles. The number of hydrogen-bond donors (Lipinski definition) is 3. The molecular weight excluding hydrogens is 362 g/mol. The Morgan fingerprint density at radius 1 is 1.15 bits per heavy atom. The zero-order valence-electron chi connectivity index (χ0n) is 15.2. The number of amides is 3. The van der Waals surface area contributed by atoms with E-state index in [-0.39, 0.29) is 36.1 Å². The molecule has 0 saturated heterocycles. The summed E-state index contributed by atoms with van der Waals surface area (Å²) in [4.78, 5) is 36.3. The summed E-state index contributed by atoms with van der Waals surface area (Å²) in [5.74, 6) is -0.0355. The SMILES string of the molecule is CC(NC(=O)CCNC(=O)c1cccs1)c1ccc(NC(=O)C2CC2)cc1. The molecule has 1 heterocycles. The largest absolute Gasteiger partial charge is 0.351 e. The number of anilines is 1. The topological polar surface area (TPSA) is 87.3 Å². The fraction of sp³-hybridized carbons (Fsp3) is 0.350. The summed E-state index contributed by atoms with van der Waals surface area (Å²) < 4.78 is 0. The van der Waals surface area contributed by atoms with Crippen molar-refractivity contribution >= 4 is 34.7 Å². The third kappa shape index (κ3) is 5.65. The lowest BCUT2D eigenvalue weighted by molar-refractivity contribution is -0.121. The Balaban J connectivity index is 1.40. The van der Waals surface area contributed by atoms with Crippen LogP contribution >= 0.6 is 11.3 Å². The van der Waals surface area contributed by atoms with Gasteiger partial charge >= 0.3 is 0 Å². The second-order valence-corrected chi connectivity index (χ2v) is 7.61. The van der Waals surface area contributed by atoms with Crippen molar-refractivity contribution in [2.75, 3.05) is 11.9 Å². The molecule has 0 aliphatic heterocycles. The normalized spacial score (nSPS) is 14.3.